The van der Waals surface area contributed by atoms with Gasteiger partial charge in [-0.05, 0) is 38.3 Å². The lowest BCUT2D eigenvalue weighted by molar-refractivity contribution is -0.117. The van der Waals surface area contributed by atoms with Crippen molar-refractivity contribution in [2.45, 2.75) is 39.2 Å². The number of carbonyl (C=O) groups excluding carboxylic acids is 2. The Morgan fingerprint density at radius 3 is 2.84 bits per heavy atom. The van der Waals surface area contributed by atoms with E-state index in [4.69, 9.17) is 11.6 Å². The normalized spacial score (nSPS) is 18.7. The second kappa shape index (κ2) is 5.74. The average Bonchev–Trinajstić information content (AvgIpc) is 2.79. The van der Waals surface area contributed by atoms with Crippen LogP contribution in [0.1, 0.15) is 42.1 Å². The van der Waals surface area contributed by atoms with E-state index in [0.29, 0.717) is 23.6 Å². The minimum Gasteiger partial charge on any atom is -0.335 e. The molecule has 1 atom stereocenters. The number of ketones is 1. The maximum Gasteiger partial charge on any atom is 0.255 e. The van der Waals surface area contributed by atoms with Crippen LogP contribution in [0.3, 0.4) is 0 Å². The standard InChI is InChI=1S/C15H18ClNO2/c1-10-5-3-7-13(14(10)16)15(19)17-8-4-6-12(17)9-11(2)18/h3,5,7,12H,4,6,8-9H2,1-2H3. The summed E-state index contributed by atoms with van der Waals surface area (Å²) in [6.07, 6.45) is 2.29. The summed E-state index contributed by atoms with van der Waals surface area (Å²) in [5, 5.41) is 0.515. The van der Waals surface area contributed by atoms with E-state index in [1.54, 1.807) is 17.9 Å². The minimum absolute atomic E-state index is 0.0292. The number of amides is 1. The summed E-state index contributed by atoms with van der Waals surface area (Å²) in [5.41, 5.74) is 1.44. The lowest BCUT2D eigenvalue weighted by atomic mass is 10.1. The maximum atomic E-state index is 12.5. The first-order valence-corrected chi connectivity index (χ1v) is 6.94. The summed E-state index contributed by atoms with van der Waals surface area (Å²) in [4.78, 5) is 25.6. The minimum atomic E-state index is -0.0579. The lowest BCUT2D eigenvalue weighted by Gasteiger charge is -2.24. The fraction of sp³-hybridized carbons (Fsp3) is 0.467. The zero-order valence-corrected chi connectivity index (χ0v) is 12.0. The molecule has 0 N–H and O–H groups in total. The SMILES string of the molecule is CC(=O)CC1CCCN1C(=O)c1cccc(C)c1Cl. The number of Topliss-reactive ketones (excluding diaryl/α,β-unsaturated/α-hetero) is 1. The highest BCUT2D eigenvalue weighted by molar-refractivity contribution is 6.34. The van der Waals surface area contributed by atoms with E-state index in [1.165, 1.54) is 0 Å². The molecule has 0 bridgehead atoms. The Labute approximate surface area is 118 Å². The van der Waals surface area contributed by atoms with Crippen molar-refractivity contribution < 1.29 is 9.59 Å². The zero-order chi connectivity index (χ0) is 14.0. The summed E-state index contributed by atoms with van der Waals surface area (Å²) < 4.78 is 0. The van der Waals surface area contributed by atoms with Crippen LogP contribution in [0.15, 0.2) is 18.2 Å². The highest BCUT2D eigenvalue weighted by Gasteiger charge is 2.31. The van der Waals surface area contributed by atoms with Gasteiger partial charge in [-0.1, -0.05) is 23.7 Å². The van der Waals surface area contributed by atoms with Crippen molar-refractivity contribution in [3.8, 4) is 0 Å². The first kappa shape index (κ1) is 14.1. The molecule has 0 aromatic heterocycles. The second-order valence-electron chi connectivity index (χ2n) is 5.14. The molecule has 3 nitrogen and oxygen atoms in total. The smallest absolute Gasteiger partial charge is 0.255 e. The summed E-state index contributed by atoms with van der Waals surface area (Å²) in [6.45, 7) is 4.16. The third-order valence-electron chi connectivity index (χ3n) is 3.58. The van der Waals surface area contributed by atoms with Crippen LogP contribution in [0.25, 0.3) is 0 Å². The van der Waals surface area contributed by atoms with E-state index < -0.39 is 0 Å². The third kappa shape index (κ3) is 2.98. The lowest BCUT2D eigenvalue weighted by Crippen LogP contribution is -2.36. The summed E-state index contributed by atoms with van der Waals surface area (Å²) in [6, 6.07) is 5.50. The predicted molar refractivity (Wildman–Crippen MR) is 75.5 cm³/mol. The molecule has 1 unspecified atom stereocenters. The molecular weight excluding hydrogens is 262 g/mol. The number of hydrogen-bond donors (Lipinski definition) is 0. The van der Waals surface area contributed by atoms with E-state index >= 15 is 0 Å². The number of benzene rings is 1. The Kier molecular flexibility index (Phi) is 4.25. The van der Waals surface area contributed by atoms with Crippen LogP contribution < -0.4 is 0 Å². The van der Waals surface area contributed by atoms with Gasteiger partial charge in [0.1, 0.15) is 5.78 Å². The first-order valence-electron chi connectivity index (χ1n) is 6.56. The molecule has 1 aromatic carbocycles. The zero-order valence-electron chi connectivity index (χ0n) is 11.3. The molecule has 0 aliphatic carbocycles. The molecule has 19 heavy (non-hydrogen) atoms. The molecule has 1 aliphatic heterocycles. The van der Waals surface area contributed by atoms with Crippen molar-refractivity contribution in [1.82, 2.24) is 4.90 Å². The summed E-state index contributed by atoms with van der Waals surface area (Å²) in [7, 11) is 0. The Balaban J connectivity index is 2.23. The van der Waals surface area contributed by atoms with Crippen LogP contribution >= 0.6 is 11.6 Å². The predicted octanol–water partition coefficient (Wildman–Crippen LogP) is 3.23. The van der Waals surface area contributed by atoms with E-state index in [1.807, 2.05) is 19.1 Å². The van der Waals surface area contributed by atoms with E-state index in [0.717, 1.165) is 18.4 Å². The number of hydrogen-bond acceptors (Lipinski definition) is 2. The number of halogens is 1. The van der Waals surface area contributed by atoms with Crippen LogP contribution in [-0.4, -0.2) is 29.2 Å². The van der Waals surface area contributed by atoms with E-state index in [2.05, 4.69) is 0 Å². The van der Waals surface area contributed by atoms with Gasteiger partial charge in [0.2, 0.25) is 0 Å². The van der Waals surface area contributed by atoms with Crippen molar-refractivity contribution in [2.24, 2.45) is 0 Å². The van der Waals surface area contributed by atoms with Gasteiger partial charge in [0.05, 0.1) is 10.6 Å². The molecule has 1 heterocycles. The Hall–Kier alpha value is -1.35. The van der Waals surface area contributed by atoms with E-state index in [9.17, 15) is 9.59 Å². The van der Waals surface area contributed by atoms with Gasteiger partial charge in [-0.3, -0.25) is 9.59 Å². The maximum absolute atomic E-state index is 12.5. The van der Waals surface area contributed by atoms with Gasteiger partial charge < -0.3 is 4.90 Å². The molecule has 1 aliphatic rings. The first-order chi connectivity index (χ1) is 9.00. The van der Waals surface area contributed by atoms with Crippen molar-refractivity contribution in [3.05, 3.63) is 34.3 Å². The van der Waals surface area contributed by atoms with E-state index in [-0.39, 0.29) is 17.7 Å². The number of rotatable bonds is 3. The number of aryl methyl sites for hydroxylation is 1. The molecule has 1 saturated heterocycles. The molecule has 0 radical (unpaired) electrons. The fourth-order valence-electron chi connectivity index (χ4n) is 2.61. The molecule has 0 spiro atoms. The molecule has 0 saturated carbocycles. The van der Waals surface area contributed by atoms with Gasteiger partial charge in [-0.2, -0.15) is 0 Å². The second-order valence-corrected chi connectivity index (χ2v) is 5.52. The van der Waals surface area contributed by atoms with Gasteiger partial charge in [0.15, 0.2) is 0 Å². The van der Waals surface area contributed by atoms with Gasteiger partial charge in [0, 0.05) is 19.0 Å². The number of carbonyl (C=O) groups is 2. The van der Waals surface area contributed by atoms with Gasteiger partial charge >= 0.3 is 0 Å². The monoisotopic (exact) mass is 279 g/mol. The van der Waals surface area contributed by atoms with Gasteiger partial charge in [-0.15, -0.1) is 0 Å². The highest BCUT2D eigenvalue weighted by atomic mass is 35.5. The Morgan fingerprint density at radius 2 is 2.16 bits per heavy atom. The Bertz CT molecular complexity index is 513. The summed E-state index contributed by atoms with van der Waals surface area (Å²) >= 11 is 6.21. The molecule has 1 aromatic rings. The van der Waals surface area contributed by atoms with Crippen LogP contribution in [0.5, 0.6) is 0 Å². The molecule has 1 fully saturated rings. The fourth-order valence-corrected chi connectivity index (χ4v) is 2.82. The van der Waals surface area contributed by atoms with Gasteiger partial charge in [-0.25, -0.2) is 0 Å². The van der Waals surface area contributed by atoms with Crippen LogP contribution in [0.4, 0.5) is 0 Å². The van der Waals surface area contributed by atoms with Gasteiger partial charge in [0.25, 0.3) is 5.91 Å². The average molecular weight is 280 g/mol. The molecular formula is C15H18ClNO2. The van der Waals surface area contributed by atoms with Crippen molar-refractivity contribution >= 4 is 23.3 Å². The molecule has 102 valence electrons. The molecule has 2 rings (SSSR count). The van der Waals surface area contributed by atoms with Crippen molar-refractivity contribution in [2.75, 3.05) is 6.54 Å². The highest BCUT2D eigenvalue weighted by Crippen LogP contribution is 2.27. The molecule has 4 heteroatoms. The van der Waals surface area contributed by atoms with Crippen molar-refractivity contribution in [3.63, 3.8) is 0 Å². The van der Waals surface area contributed by atoms with Crippen LogP contribution in [-0.2, 0) is 4.79 Å². The number of likely N-dealkylation sites (tertiary alicyclic amines) is 1. The van der Waals surface area contributed by atoms with Crippen LogP contribution in [0.2, 0.25) is 5.02 Å². The quantitative estimate of drug-likeness (QED) is 0.852. The van der Waals surface area contributed by atoms with Crippen molar-refractivity contribution in [1.29, 1.82) is 0 Å². The van der Waals surface area contributed by atoms with Crippen LogP contribution in [0, 0.1) is 6.92 Å². The third-order valence-corrected chi connectivity index (χ3v) is 4.08. The number of nitrogens with zero attached hydrogens (tertiary/aromatic N) is 1. The largest absolute Gasteiger partial charge is 0.335 e. The topological polar surface area (TPSA) is 37.4 Å². The Morgan fingerprint density at radius 1 is 1.42 bits per heavy atom. The molecule has 1 amide bonds. The summed E-state index contributed by atoms with van der Waals surface area (Å²) in [5.74, 6) is 0.0671.